The molecule has 2 aromatic carbocycles. The number of para-hydroxylation sites is 1. The van der Waals surface area contributed by atoms with Crippen molar-refractivity contribution < 1.29 is 4.79 Å². The number of rotatable bonds is 2. The first kappa shape index (κ1) is 14.8. The zero-order chi connectivity index (χ0) is 15.7. The van der Waals surface area contributed by atoms with E-state index in [0.717, 1.165) is 28.9 Å². The van der Waals surface area contributed by atoms with Crippen molar-refractivity contribution >= 4 is 11.6 Å². The molecule has 3 heteroatoms. The van der Waals surface area contributed by atoms with Gasteiger partial charge in [0.25, 0.3) is 0 Å². The highest BCUT2D eigenvalue weighted by molar-refractivity contribution is 5.98. The van der Waals surface area contributed by atoms with Gasteiger partial charge in [-0.15, -0.1) is 0 Å². The van der Waals surface area contributed by atoms with Crippen LogP contribution in [0, 0.1) is 13.8 Å². The number of nitrogens with one attached hydrogen (secondary N) is 2. The Morgan fingerprint density at radius 3 is 2.50 bits per heavy atom. The highest BCUT2D eigenvalue weighted by Gasteiger charge is 2.32. The quantitative estimate of drug-likeness (QED) is 0.890. The number of fused-ring (bicyclic) bond motifs is 1. The van der Waals surface area contributed by atoms with Gasteiger partial charge < -0.3 is 10.6 Å². The van der Waals surface area contributed by atoms with Crippen LogP contribution in [-0.4, -0.2) is 11.9 Å². The maximum Gasteiger partial charge on any atom is 0.233 e. The smallest absolute Gasteiger partial charge is 0.233 e. The predicted molar refractivity (Wildman–Crippen MR) is 90.0 cm³/mol. The van der Waals surface area contributed by atoms with E-state index in [9.17, 15) is 4.79 Å². The standard InChI is InChI=1S/C19H22N2O/c1-12-7-6-8-13(2)18(12)21-19(22)17-14(3)20-11-15-9-4-5-10-16(15)17/h4-10,14,17,20H,11H2,1-3H3,(H,21,22). The lowest BCUT2D eigenvalue weighted by Gasteiger charge is -2.31. The van der Waals surface area contributed by atoms with Gasteiger partial charge in [-0.3, -0.25) is 4.79 Å². The summed E-state index contributed by atoms with van der Waals surface area (Å²) in [6.07, 6.45) is 0. The van der Waals surface area contributed by atoms with Crippen molar-refractivity contribution in [2.24, 2.45) is 0 Å². The Morgan fingerprint density at radius 1 is 1.09 bits per heavy atom. The zero-order valence-corrected chi connectivity index (χ0v) is 13.3. The van der Waals surface area contributed by atoms with E-state index >= 15 is 0 Å². The van der Waals surface area contributed by atoms with Gasteiger partial charge >= 0.3 is 0 Å². The fourth-order valence-corrected chi connectivity index (χ4v) is 3.24. The van der Waals surface area contributed by atoms with E-state index in [1.165, 1.54) is 5.56 Å². The molecule has 3 rings (SSSR count). The molecule has 0 aromatic heterocycles. The van der Waals surface area contributed by atoms with Crippen LogP contribution < -0.4 is 10.6 Å². The zero-order valence-electron chi connectivity index (χ0n) is 13.3. The summed E-state index contributed by atoms with van der Waals surface area (Å²) in [5.74, 6) is -0.103. The molecule has 1 aliphatic heterocycles. The van der Waals surface area contributed by atoms with Gasteiger partial charge in [-0.1, -0.05) is 42.5 Å². The Balaban J connectivity index is 1.92. The molecule has 2 atom stereocenters. The normalized spacial score (nSPS) is 20.3. The summed E-state index contributed by atoms with van der Waals surface area (Å²) < 4.78 is 0. The molecule has 0 fully saturated rings. The molecule has 3 nitrogen and oxygen atoms in total. The molecule has 1 aliphatic rings. The van der Waals surface area contributed by atoms with E-state index in [2.05, 4.69) is 29.7 Å². The van der Waals surface area contributed by atoms with E-state index in [1.807, 2.05) is 44.2 Å². The van der Waals surface area contributed by atoms with Gasteiger partial charge in [0.15, 0.2) is 0 Å². The number of anilines is 1. The van der Waals surface area contributed by atoms with Gasteiger partial charge in [-0.2, -0.15) is 0 Å². The minimum absolute atomic E-state index is 0.0598. The van der Waals surface area contributed by atoms with Crippen LogP contribution in [0.25, 0.3) is 0 Å². The maximum atomic E-state index is 12.9. The van der Waals surface area contributed by atoms with Crippen LogP contribution in [-0.2, 0) is 11.3 Å². The largest absolute Gasteiger partial charge is 0.325 e. The van der Waals surface area contributed by atoms with Crippen LogP contribution in [0.15, 0.2) is 42.5 Å². The fourth-order valence-electron chi connectivity index (χ4n) is 3.24. The lowest BCUT2D eigenvalue weighted by atomic mass is 9.84. The first-order chi connectivity index (χ1) is 10.6. The topological polar surface area (TPSA) is 41.1 Å². The van der Waals surface area contributed by atoms with Gasteiger partial charge in [0.1, 0.15) is 0 Å². The second-order valence-electron chi connectivity index (χ2n) is 6.10. The van der Waals surface area contributed by atoms with Crippen molar-refractivity contribution in [1.82, 2.24) is 5.32 Å². The Morgan fingerprint density at radius 2 is 1.77 bits per heavy atom. The molecule has 0 saturated carbocycles. The first-order valence-corrected chi connectivity index (χ1v) is 7.76. The van der Waals surface area contributed by atoms with Crippen LogP contribution in [0.2, 0.25) is 0 Å². The Hall–Kier alpha value is -2.13. The number of aryl methyl sites for hydroxylation is 2. The number of benzene rings is 2. The van der Waals surface area contributed by atoms with Crippen molar-refractivity contribution in [3.8, 4) is 0 Å². The lowest BCUT2D eigenvalue weighted by molar-refractivity contribution is -0.118. The van der Waals surface area contributed by atoms with Crippen LogP contribution in [0.3, 0.4) is 0 Å². The number of hydrogen-bond donors (Lipinski definition) is 2. The third kappa shape index (κ3) is 2.64. The lowest BCUT2D eigenvalue weighted by Crippen LogP contribution is -2.42. The van der Waals surface area contributed by atoms with E-state index < -0.39 is 0 Å². The average Bonchev–Trinajstić information content (AvgIpc) is 2.51. The molecule has 2 aromatic rings. The monoisotopic (exact) mass is 294 g/mol. The molecular formula is C19H22N2O. The summed E-state index contributed by atoms with van der Waals surface area (Å²) in [4.78, 5) is 12.9. The Labute approximate surface area is 131 Å². The van der Waals surface area contributed by atoms with E-state index in [0.29, 0.717) is 0 Å². The van der Waals surface area contributed by atoms with Gasteiger partial charge in [0.2, 0.25) is 5.91 Å². The second kappa shape index (κ2) is 5.93. The van der Waals surface area contributed by atoms with Crippen LogP contribution in [0.5, 0.6) is 0 Å². The van der Waals surface area contributed by atoms with Crippen molar-refractivity contribution in [3.63, 3.8) is 0 Å². The third-order valence-electron chi connectivity index (χ3n) is 4.52. The highest BCUT2D eigenvalue weighted by Crippen LogP contribution is 2.30. The molecule has 0 spiro atoms. The van der Waals surface area contributed by atoms with Gasteiger partial charge in [0.05, 0.1) is 5.92 Å². The summed E-state index contributed by atoms with van der Waals surface area (Å²) in [5.41, 5.74) is 5.47. The Kier molecular flexibility index (Phi) is 3.99. The highest BCUT2D eigenvalue weighted by atomic mass is 16.1. The van der Waals surface area contributed by atoms with Crippen molar-refractivity contribution in [1.29, 1.82) is 0 Å². The Bertz CT molecular complexity index is 688. The summed E-state index contributed by atoms with van der Waals surface area (Å²) in [6, 6.07) is 14.4. The van der Waals surface area contributed by atoms with Gasteiger partial charge in [-0.25, -0.2) is 0 Å². The molecule has 114 valence electrons. The van der Waals surface area contributed by atoms with E-state index in [4.69, 9.17) is 0 Å². The number of amides is 1. The molecule has 1 heterocycles. The molecule has 1 amide bonds. The minimum Gasteiger partial charge on any atom is -0.325 e. The van der Waals surface area contributed by atoms with Crippen LogP contribution >= 0.6 is 0 Å². The van der Waals surface area contributed by atoms with Gasteiger partial charge in [0, 0.05) is 18.3 Å². The molecule has 0 radical (unpaired) electrons. The SMILES string of the molecule is Cc1cccc(C)c1NC(=O)C1c2ccccc2CNC1C. The second-order valence-corrected chi connectivity index (χ2v) is 6.10. The van der Waals surface area contributed by atoms with Crippen molar-refractivity contribution in [3.05, 3.63) is 64.7 Å². The number of carbonyl (C=O) groups excluding carboxylic acids is 1. The fraction of sp³-hybridized carbons (Fsp3) is 0.316. The summed E-state index contributed by atoms with van der Waals surface area (Å²) in [5, 5.41) is 6.56. The average molecular weight is 294 g/mol. The van der Waals surface area contributed by atoms with E-state index in [-0.39, 0.29) is 17.9 Å². The van der Waals surface area contributed by atoms with Gasteiger partial charge in [-0.05, 0) is 43.0 Å². The molecule has 0 bridgehead atoms. The van der Waals surface area contributed by atoms with Crippen molar-refractivity contribution in [2.75, 3.05) is 5.32 Å². The summed E-state index contributed by atoms with van der Waals surface area (Å²) >= 11 is 0. The number of carbonyl (C=O) groups is 1. The summed E-state index contributed by atoms with van der Waals surface area (Å²) in [6.45, 7) is 6.95. The summed E-state index contributed by atoms with van der Waals surface area (Å²) in [7, 11) is 0. The first-order valence-electron chi connectivity index (χ1n) is 7.76. The molecule has 0 aliphatic carbocycles. The molecule has 0 saturated heterocycles. The predicted octanol–water partition coefficient (Wildman–Crippen LogP) is 3.52. The number of hydrogen-bond acceptors (Lipinski definition) is 2. The minimum atomic E-state index is -0.163. The van der Waals surface area contributed by atoms with Crippen LogP contribution in [0.1, 0.15) is 35.1 Å². The van der Waals surface area contributed by atoms with Crippen molar-refractivity contribution in [2.45, 2.75) is 39.3 Å². The van der Waals surface area contributed by atoms with E-state index in [1.54, 1.807) is 0 Å². The maximum absolute atomic E-state index is 12.9. The van der Waals surface area contributed by atoms with Crippen LogP contribution in [0.4, 0.5) is 5.69 Å². The third-order valence-corrected chi connectivity index (χ3v) is 4.52. The molecule has 22 heavy (non-hydrogen) atoms. The molecule has 2 unspecified atom stereocenters. The molecule has 2 N–H and O–H groups in total. The molecular weight excluding hydrogens is 272 g/mol.